The molecule has 17 heavy (non-hydrogen) atoms. The summed E-state index contributed by atoms with van der Waals surface area (Å²) in [5.41, 5.74) is 0.926. The van der Waals surface area contributed by atoms with E-state index in [0.717, 1.165) is 10.0 Å². The van der Waals surface area contributed by atoms with Crippen LogP contribution in [0.3, 0.4) is 0 Å². The molecule has 5 heteroatoms. The standard InChI is InChI=1S/C12H10BrN3O/c13-10-1-2-11(15-8-10)16-12(17)7-9-3-5-14-6-4-9/h1-6,8H,7H2,(H,15,16,17). The second-order valence-electron chi connectivity index (χ2n) is 3.44. The van der Waals surface area contributed by atoms with Crippen LogP contribution in [0.4, 0.5) is 5.82 Å². The molecule has 0 bridgehead atoms. The normalized spacial score (nSPS) is 9.94. The zero-order valence-electron chi connectivity index (χ0n) is 8.93. The van der Waals surface area contributed by atoms with E-state index in [-0.39, 0.29) is 5.91 Å². The number of carbonyl (C=O) groups is 1. The Balaban J connectivity index is 1.96. The molecule has 0 aliphatic rings. The topological polar surface area (TPSA) is 54.9 Å². The molecule has 0 spiro atoms. The molecule has 0 unspecified atom stereocenters. The predicted molar refractivity (Wildman–Crippen MR) is 68.5 cm³/mol. The van der Waals surface area contributed by atoms with Crippen LogP contribution in [0.25, 0.3) is 0 Å². The molecule has 0 fully saturated rings. The monoisotopic (exact) mass is 291 g/mol. The number of nitrogens with one attached hydrogen (secondary N) is 1. The minimum Gasteiger partial charge on any atom is -0.310 e. The summed E-state index contributed by atoms with van der Waals surface area (Å²) >= 11 is 3.28. The molecule has 86 valence electrons. The van der Waals surface area contributed by atoms with Gasteiger partial charge >= 0.3 is 0 Å². The number of amides is 1. The second kappa shape index (κ2) is 5.54. The quantitative estimate of drug-likeness (QED) is 0.945. The molecular weight excluding hydrogens is 282 g/mol. The molecule has 4 nitrogen and oxygen atoms in total. The summed E-state index contributed by atoms with van der Waals surface area (Å²) in [4.78, 5) is 19.6. The Bertz CT molecular complexity index is 499. The average Bonchev–Trinajstić information content (AvgIpc) is 2.33. The van der Waals surface area contributed by atoms with Gasteiger partial charge in [0.05, 0.1) is 6.42 Å². The van der Waals surface area contributed by atoms with E-state index >= 15 is 0 Å². The molecular formula is C12H10BrN3O. The maximum absolute atomic E-state index is 11.7. The molecule has 1 amide bonds. The van der Waals surface area contributed by atoms with Crippen molar-refractivity contribution in [2.75, 3.05) is 5.32 Å². The SMILES string of the molecule is O=C(Cc1ccncc1)Nc1ccc(Br)cn1. The summed E-state index contributed by atoms with van der Waals surface area (Å²) in [5, 5.41) is 2.73. The first-order valence-corrected chi connectivity index (χ1v) is 5.83. The Hall–Kier alpha value is -1.75. The van der Waals surface area contributed by atoms with Crippen molar-refractivity contribution in [2.45, 2.75) is 6.42 Å². The summed E-state index contributed by atoms with van der Waals surface area (Å²) in [6, 6.07) is 7.20. The number of halogens is 1. The lowest BCUT2D eigenvalue weighted by Gasteiger charge is -2.04. The van der Waals surface area contributed by atoms with E-state index in [1.165, 1.54) is 0 Å². The number of hydrogen-bond donors (Lipinski definition) is 1. The van der Waals surface area contributed by atoms with Crippen molar-refractivity contribution < 1.29 is 4.79 Å². The number of anilines is 1. The molecule has 0 aliphatic heterocycles. The summed E-state index contributed by atoms with van der Waals surface area (Å²) in [7, 11) is 0. The molecule has 0 aliphatic carbocycles. The average molecular weight is 292 g/mol. The molecule has 2 aromatic heterocycles. The fourth-order valence-corrected chi connectivity index (χ4v) is 1.56. The minimum absolute atomic E-state index is 0.0916. The van der Waals surface area contributed by atoms with Gasteiger partial charge in [-0.05, 0) is 45.8 Å². The van der Waals surface area contributed by atoms with Gasteiger partial charge < -0.3 is 5.32 Å². The van der Waals surface area contributed by atoms with Crippen LogP contribution in [-0.2, 0) is 11.2 Å². The highest BCUT2D eigenvalue weighted by Crippen LogP contribution is 2.10. The highest BCUT2D eigenvalue weighted by atomic mass is 79.9. The third-order valence-corrected chi connectivity index (χ3v) is 2.58. The minimum atomic E-state index is -0.0916. The van der Waals surface area contributed by atoms with Crippen LogP contribution >= 0.6 is 15.9 Å². The first-order valence-electron chi connectivity index (χ1n) is 5.04. The van der Waals surface area contributed by atoms with E-state index in [1.807, 2.05) is 18.2 Å². The smallest absolute Gasteiger partial charge is 0.229 e. The molecule has 0 atom stereocenters. The highest BCUT2D eigenvalue weighted by Gasteiger charge is 2.04. The lowest BCUT2D eigenvalue weighted by molar-refractivity contribution is -0.115. The van der Waals surface area contributed by atoms with Gasteiger partial charge in [-0.15, -0.1) is 0 Å². The van der Waals surface area contributed by atoms with Crippen molar-refractivity contribution in [2.24, 2.45) is 0 Å². The van der Waals surface area contributed by atoms with Gasteiger partial charge in [-0.1, -0.05) is 0 Å². The Morgan fingerprint density at radius 1 is 1.24 bits per heavy atom. The van der Waals surface area contributed by atoms with E-state index in [9.17, 15) is 4.79 Å². The van der Waals surface area contributed by atoms with Gasteiger partial charge in [-0.25, -0.2) is 4.98 Å². The second-order valence-corrected chi connectivity index (χ2v) is 4.36. The van der Waals surface area contributed by atoms with Gasteiger partial charge in [-0.3, -0.25) is 9.78 Å². The third kappa shape index (κ3) is 3.64. The molecule has 2 rings (SSSR count). The van der Waals surface area contributed by atoms with Crippen molar-refractivity contribution >= 4 is 27.7 Å². The third-order valence-electron chi connectivity index (χ3n) is 2.11. The van der Waals surface area contributed by atoms with Crippen molar-refractivity contribution in [1.82, 2.24) is 9.97 Å². The lowest BCUT2D eigenvalue weighted by atomic mass is 10.2. The lowest BCUT2D eigenvalue weighted by Crippen LogP contribution is -2.15. The molecule has 0 saturated heterocycles. The molecule has 2 aromatic rings. The van der Waals surface area contributed by atoms with E-state index in [2.05, 4.69) is 31.2 Å². The molecule has 0 aromatic carbocycles. The first-order chi connectivity index (χ1) is 8.24. The Labute approximate surface area is 107 Å². The largest absolute Gasteiger partial charge is 0.310 e. The molecule has 0 radical (unpaired) electrons. The van der Waals surface area contributed by atoms with Crippen LogP contribution in [0.5, 0.6) is 0 Å². The fraction of sp³-hybridized carbons (Fsp3) is 0.0833. The predicted octanol–water partition coefficient (Wildman–Crippen LogP) is 2.42. The van der Waals surface area contributed by atoms with E-state index in [4.69, 9.17) is 0 Å². The summed E-state index contributed by atoms with van der Waals surface area (Å²) in [5.74, 6) is 0.457. The van der Waals surface area contributed by atoms with Gasteiger partial charge in [-0.2, -0.15) is 0 Å². The number of nitrogens with zero attached hydrogens (tertiary/aromatic N) is 2. The van der Waals surface area contributed by atoms with Gasteiger partial charge in [0.2, 0.25) is 5.91 Å². The summed E-state index contributed by atoms with van der Waals surface area (Å²) in [6.45, 7) is 0. The summed E-state index contributed by atoms with van der Waals surface area (Å²) < 4.78 is 0.879. The fourth-order valence-electron chi connectivity index (χ4n) is 1.32. The summed E-state index contributed by atoms with van der Waals surface area (Å²) in [6.07, 6.45) is 5.29. The molecule has 1 N–H and O–H groups in total. The number of rotatable bonds is 3. The van der Waals surface area contributed by atoms with Crippen LogP contribution in [0.15, 0.2) is 47.3 Å². The molecule has 2 heterocycles. The number of aromatic nitrogens is 2. The van der Waals surface area contributed by atoms with E-state index < -0.39 is 0 Å². The molecule has 0 saturated carbocycles. The van der Waals surface area contributed by atoms with Crippen LogP contribution in [0.1, 0.15) is 5.56 Å². The Kier molecular flexibility index (Phi) is 3.82. The Morgan fingerprint density at radius 2 is 2.00 bits per heavy atom. The zero-order chi connectivity index (χ0) is 12.1. The van der Waals surface area contributed by atoms with Gasteiger partial charge in [0.1, 0.15) is 5.82 Å². The van der Waals surface area contributed by atoms with Crippen LogP contribution in [0.2, 0.25) is 0 Å². The van der Waals surface area contributed by atoms with Crippen molar-refractivity contribution in [3.05, 3.63) is 52.9 Å². The van der Waals surface area contributed by atoms with E-state index in [1.54, 1.807) is 24.7 Å². The van der Waals surface area contributed by atoms with Crippen LogP contribution < -0.4 is 5.32 Å². The van der Waals surface area contributed by atoms with Gasteiger partial charge in [0, 0.05) is 23.1 Å². The van der Waals surface area contributed by atoms with Crippen LogP contribution in [0, 0.1) is 0 Å². The number of hydrogen-bond acceptors (Lipinski definition) is 3. The van der Waals surface area contributed by atoms with Crippen LogP contribution in [-0.4, -0.2) is 15.9 Å². The van der Waals surface area contributed by atoms with Gasteiger partial charge in [0.25, 0.3) is 0 Å². The highest BCUT2D eigenvalue weighted by molar-refractivity contribution is 9.10. The van der Waals surface area contributed by atoms with E-state index in [0.29, 0.717) is 12.2 Å². The van der Waals surface area contributed by atoms with Crippen molar-refractivity contribution in [3.63, 3.8) is 0 Å². The van der Waals surface area contributed by atoms with Gasteiger partial charge in [0.15, 0.2) is 0 Å². The number of pyridine rings is 2. The van der Waals surface area contributed by atoms with Crippen molar-refractivity contribution in [3.8, 4) is 0 Å². The zero-order valence-corrected chi connectivity index (χ0v) is 10.5. The maximum Gasteiger partial charge on any atom is 0.229 e. The maximum atomic E-state index is 11.7. The Morgan fingerprint density at radius 3 is 2.65 bits per heavy atom. The number of carbonyl (C=O) groups excluding carboxylic acids is 1. The van der Waals surface area contributed by atoms with Crippen molar-refractivity contribution in [1.29, 1.82) is 0 Å². The first kappa shape index (κ1) is 11.7.